The van der Waals surface area contributed by atoms with E-state index in [0.717, 1.165) is 44.9 Å². The van der Waals surface area contributed by atoms with Crippen LogP contribution in [0.1, 0.15) is 206 Å². The van der Waals surface area contributed by atoms with Gasteiger partial charge in [0.05, 0.1) is 25.4 Å². The highest BCUT2D eigenvalue weighted by molar-refractivity contribution is 7.47. The quantitative estimate of drug-likeness (QED) is 0.0198. The summed E-state index contributed by atoms with van der Waals surface area (Å²) in [5.74, 6) is -1.11. The number of aliphatic hydroxyl groups is 2. The summed E-state index contributed by atoms with van der Waals surface area (Å²) < 4.78 is 32.7. The lowest BCUT2D eigenvalue weighted by molar-refractivity contribution is -0.161. The van der Waals surface area contributed by atoms with Crippen LogP contribution in [0, 0.1) is 0 Å². The number of aliphatic hydroxyl groups excluding tert-OH is 2. The third-order valence-corrected chi connectivity index (χ3v) is 11.4. The van der Waals surface area contributed by atoms with Gasteiger partial charge in [-0.1, -0.05) is 191 Å². The lowest BCUT2D eigenvalue weighted by Crippen LogP contribution is -2.30. The molecule has 11 nitrogen and oxygen atoms in total. The maximum absolute atomic E-state index is 12.7. The Kier molecular flexibility index (Phi) is 43.0. The van der Waals surface area contributed by atoms with E-state index in [0.29, 0.717) is 6.42 Å². The summed E-state index contributed by atoms with van der Waals surface area (Å²) in [6.45, 7) is 3.30. The van der Waals surface area contributed by atoms with Crippen LogP contribution < -0.4 is 5.73 Å². The SMILES string of the molecule is CC/C=C\C/C=C\C/C=C\C/C=C\C[C@@H](O)[C@H](O)CCCC(=O)O[C@H](COC(=O)CCCCCCCCCCCCCCCCCCCCCCC)COP(=O)(O)OCCN. The van der Waals surface area contributed by atoms with Gasteiger partial charge in [0.25, 0.3) is 0 Å². The summed E-state index contributed by atoms with van der Waals surface area (Å²) in [6.07, 6.45) is 44.6. The third-order valence-electron chi connectivity index (χ3n) is 10.4. The number of phosphoric ester groups is 1. The number of phosphoric acid groups is 1. The van der Waals surface area contributed by atoms with Crippen LogP contribution in [0.25, 0.3) is 0 Å². The van der Waals surface area contributed by atoms with Crippen molar-refractivity contribution in [3.63, 3.8) is 0 Å². The number of ether oxygens (including phenoxy) is 2. The smallest absolute Gasteiger partial charge is 0.462 e. The first-order chi connectivity index (χ1) is 29.6. The van der Waals surface area contributed by atoms with Gasteiger partial charge in [0.2, 0.25) is 0 Å². The Balaban J connectivity index is 4.26. The molecule has 1 unspecified atom stereocenters. The summed E-state index contributed by atoms with van der Waals surface area (Å²) >= 11 is 0. The Morgan fingerprint density at radius 3 is 1.48 bits per heavy atom. The van der Waals surface area contributed by atoms with Crippen molar-refractivity contribution in [2.75, 3.05) is 26.4 Å². The molecule has 0 rings (SSSR count). The van der Waals surface area contributed by atoms with E-state index in [1.165, 1.54) is 109 Å². The summed E-state index contributed by atoms with van der Waals surface area (Å²) in [5, 5.41) is 20.7. The van der Waals surface area contributed by atoms with Crippen molar-refractivity contribution >= 4 is 19.8 Å². The molecule has 4 atom stereocenters. The van der Waals surface area contributed by atoms with Gasteiger partial charge in [0.15, 0.2) is 6.10 Å². The van der Waals surface area contributed by atoms with E-state index >= 15 is 0 Å². The van der Waals surface area contributed by atoms with Crippen LogP contribution in [-0.2, 0) is 32.7 Å². The zero-order valence-corrected chi connectivity index (χ0v) is 39.5. The molecule has 0 aliphatic carbocycles. The summed E-state index contributed by atoms with van der Waals surface area (Å²) in [5.41, 5.74) is 5.34. The van der Waals surface area contributed by atoms with Gasteiger partial charge in [0, 0.05) is 19.4 Å². The molecular weight excluding hydrogens is 794 g/mol. The van der Waals surface area contributed by atoms with Gasteiger partial charge < -0.3 is 30.3 Å². The van der Waals surface area contributed by atoms with Gasteiger partial charge in [-0.3, -0.25) is 18.6 Å². The fraction of sp³-hybridized carbons (Fsp3) is 0.796. The highest BCUT2D eigenvalue weighted by Crippen LogP contribution is 2.43. The number of carbonyl (C=O) groups excluding carboxylic acids is 2. The topological polar surface area (TPSA) is 175 Å². The van der Waals surface area contributed by atoms with E-state index in [1.54, 1.807) is 0 Å². The van der Waals surface area contributed by atoms with E-state index in [2.05, 4.69) is 44.2 Å². The molecule has 5 N–H and O–H groups in total. The van der Waals surface area contributed by atoms with Gasteiger partial charge in [-0.05, 0) is 51.4 Å². The van der Waals surface area contributed by atoms with Crippen molar-refractivity contribution in [1.29, 1.82) is 0 Å². The monoisotopic (exact) mass is 884 g/mol. The summed E-state index contributed by atoms with van der Waals surface area (Å²) in [6, 6.07) is 0. The molecule has 0 bridgehead atoms. The van der Waals surface area contributed by atoms with Crippen molar-refractivity contribution in [2.24, 2.45) is 5.73 Å². The molecule has 0 saturated heterocycles. The number of carbonyl (C=O) groups is 2. The second-order valence-corrected chi connectivity index (χ2v) is 17.7. The Bertz CT molecular complexity index is 1180. The van der Waals surface area contributed by atoms with Crippen molar-refractivity contribution in [2.45, 2.75) is 225 Å². The van der Waals surface area contributed by atoms with Crippen LogP contribution in [0.5, 0.6) is 0 Å². The van der Waals surface area contributed by atoms with Gasteiger partial charge in [-0.15, -0.1) is 0 Å². The first-order valence-electron chi connectivity index (χ1n) is 24.3. The third kappa shape index (κ3) is 42.9. The van der Waals surface area contributed by atoms with Gasteiger partial charge >= 0.3 is 19.8 Å². The van der Waals surface area contributed by atoms with E-state index < -0.39 is 44.7 Å². The lowest BCUT2D eigenvalue weighted by atomic mass is 10.0. The van der Waals surface area contributed by atoms with Gasteiger partial charge in [-0.25, -0.2) is 4.57 Å². The molecule has 0 spiro atoms. The first-order valence-corrected chi connectivity index (χ1v) is 25.8. The first kappa shape index (κ1) is 58.9. The molecule has 0 fully saturated rings. The molecule has 0 saturated carbocycles. The molecule has 0 aliphatic rings. The minimum atomic E-state index is -4.46. The molecule has 0 amide bonds. The number of rotatable bonds is 45. The van der Waals surface area contributed by atoms with Crippen LogP contribution >= 0.6 is 7.82 Å². The molecule has 0 aliphatic heterocycles. The van der Waals surface area contributed by atoms with Crippen molar-refractivity contribution in [3.8, 4) is 0 Å². The average molecular weight is 884 g/mol. The predicted octanol–water partition coefficient (Wildman–Crippen LogP) is 12.2. The Morgan fingerprint density at radius 2 is 1.00 bits per heavy atom. The molecule has 0 aromatic rings. The van der Waals surface area contributed by atoms with Crippen LogP contribution in [0.15, 0.2) is 48.6 Å². The van der Waals surface area contributed by atoms with Crippen LogP contribution in [0.2, 0.25) is 0 Å². The Labute approximate surface area is 372 Å². The fourth-order valence-electron chi connectivity index (χ4n) is 6.72. The maximum atomic E-state index is 12.7. The normalized spacial score (nSPS) is 14.7. The molecule has 0 heterocycles. The second kappa shape index (κ2) is 44.5. The standard InChI is InChI=1S/C49H90NO10P/c1-3-5-7-9-11-13-15-17-18-19-20-21-22-23-24-25-27-29-31-33-35-39-48(53)57-43-45(44-59-61(55,56)58-42-41-50)60-49(54)40-36-38-47(52)46(51)37-34-32-30-28-26-16-14-12-10-8-6-4-2/h6,8,12,14,26,28,32,34,45-47,51-52H,3-5,7,9-11,13,15-25,27,29-31,33,35-44,50H2,1-2H3,(H,55,56)/b8-6-,14-12-,28-26-,34-32-/t45-,46-,47-/m1/s1. The van der Waals surface area contributed by atoms with Crippen molar-refractivity contribution in [3.05, 3.63) is 48.6 Å². The largest absolute Gasteiger partial charge is 0.472 e. The number of unbranched alkanes of at least 4 members (excludes halogenated alkanes) is 20. The van der Waals surface area contributed by atoms with Crippen LogP contribution in [0.4, 0.5) is 0 Å². The maximum Gasteiger partial charge on any atom is 0.472 e. The number of esters is 2. The summed E-state index contributed by atoms with van der Waals surface area (Å²) in [7, 11) is -4.46. The van der Waals surface area contributed by atoms with Gasteiger partial charge in [0.1, 0.15) is 6.61 Å². The lowest BCUT2D eigenvalue weighted by Gasteiger charge is -2.20. The zero-order valence-electron chi connectivity index (χ0n) is 38.6. The van der Waals surface area contributed by atoms with E-state index in [1.807, 2.05) is 18.2 Å². The number of hydrogen-bond acceptors (Lipinski definition) is 10. The molecule has 0 radical (unpaired) electrons. The minimum absolute atomic E-state index is 0.00741. The Morgan fingerprint density at radius 1 is 0.557 bits per heavy atom. The van der Waals surface area contributed by atoms with Crippen molar-refractivity contribution < 1.29 is 47.8 Å². The number of hydrogen-bond donors (Lipinski definition) is 4. The molecule has 61 heavy (non-hydrogen) atoms. The molecular formula is C49H90NO10P. The van der Waals surface area contributed by atoms with E-state index in [4.69, 9.17) is 24.3 Å². The van der Waals surface area contributed by atoms with Crippen molar-refractivity contribution in [1.82, 2.24) is 0 Å². The second-order valence-electron chi connectivity index (χ2n) is 16.3. The highest BCUT2D eigenvalue weighted by atomic mass is 31.2. The van der Waals surface area contributed by atoms with Crippen LogP contribution in [-0.4, -0.2) is 71.7 Å². The molecule has 0 aromatic carbocycles. The van der Waals surface area contributed by atoms with E-state index in [-0.39, 0.29) is 51.9 Å². The molecule has 12 heteroatoms. The zero-order chi connectivity index (χ0) is 44.9. The van der Waals surface area contributed by atoms with E-state index in [9.17, 15) is 29.3 Å². The molecule has 356 valence electrons. The number of nitrogens with two attached hydrogens (primary N) is 1. The highest BCUT2D eigenvalue weighted by Gasteiger charge is 2.26. The predicted molar refractivity (Wildman–Crippen MR) is 250 cm³/mol. The molecule has 0 aromatic heterocycles. The Hall–Kier alpha value is -2.11. The fourth-order valence-corrected chi connectivity index (χ4v) is 7.49. The minimum Gasteiger partial charge on any atom is -0.462 e. The summed E-state index contributed by atoms with van der Waals surface area (Å²) in [4.78, 5) is 35.0. The van der Waals surface area contributed by atoms with Gasteiger partial charge in [-0.2, -0.15) is 0 Å². The average Bonchev–Trinajstić information content (AvgIpc) is 3.24. The van der Waals surface area contributed by atoms with Crippen LogP contribution in [0.3, 0.4) is 0 Å². The number of allylic oxidation sites excluding steroid dienone is 7.